The first-order chi connectivity index (χ1) is 9.68. The summed E-state index contributed by atoms with van der Waals surface area (Å²) in [5, 5.41) is 0. The van der Waals surface area contributed by atoms with Crippen molar-refractivity contribution >= 4 is 27.5 Å². The lowest BCUT2D eigenvalue weighted by Gasteiger charge is -2.44. The number of hydrogen-bond donors (Lipinski definition) is 1. The first-order valence-electron chi connectivity index (χ1n) is 7.53. The lowest BCUT2D eigenvalue weighted by Crippen LogP contribution is -2.49. The molecular weight excluding hydrogens is 316 g/mol. The summed E-state index contributed by atoms with van der Waals surface area (Å²) in [6, 6.07) is 5.99. The van der Waals surface area contributed by atoms with E-state index in [1.54, 1.807) is 0 Å². The number of hydrogen-bond acceptors (Lipinski definition) is 2. The zero-order chi connectivity index (χ0) is 14.1. The van der Waals surface area contributed by atoms with Gasteiger partial charge in [-0.05, 0) is 59.7 Å². The first kappa shape index (κ1) is 13.9. The monoisotopic (exact) mass is 336 g/mol. The second-order valence-corrected chi connectivity index (χ2v) is 6.75. The van der Waals surface area contributed by atoms with Gasteiger partial charge in [0.05, 0.1) is 10.0 Å². The van der Waals surface area contributed by atoms with E-state index in [1.165, 1.54) is 25.7 Å². The van der Waals surface area contributed by atoms with Crippen LogP contribution in [0.2, 0.25) is 0 Å². The van der Waals surface area contributed by atoms with Gasteiger partial charge >= 0.3 is 0 Å². The molecule has 1 saturated carbocycles. The third-order valence-corrected chi connectivity index (χ3v) is 5.65. The Morgan fingerprint density at radius 2 is 1.95 bits per heavy atom. The van der Waals surface area contributed by atoms with Crippen LogP contribution in [-0.2, 0) is 0 Å². The molecule has 2 aliphatic rings. The SMILES string of the molecule is Nc1cccc(C(=O)N2CCCC3CCCCC32)c1Br. The quantitative estimate of drug-likeness (QED) is 0.792. The van der Waals surface area contributed by atoms with Crippen LogP contribution in [0.4, 0.5) is 5.69 Å². The Labute approximate surface area is 128 Å². The van der Waals surface area contributed by atoms with Gasteiger partial charge in [-0.3, -0.25) is 4.79 Å². The van der Waals surface area contributed by atoms with Gasteiger partial charge in [-0.2, -0.15) is 0 Å². The van der Waals surface area contributed by atoms with Gasteiger partial charge < -0.3 is 10.6 Å². The smallest absolute Gasteiger partial charge is 0.255 e. The molecule has 1 amide bonds. The zero-order valence-corrected chi connectivity index (χ0v) is 13.2. The van der Waals surface area contributed by atoms with Gasteiger partial charge in [-0.1, -0.05) is 18.9 Å². The molecule has 2 N–H and O–H groups in total. The van der Waals surface area contributed by atoms with Gasteiger partial charge in [0.1, 0.15) is 0 Å². The predicted octanol–water partition coefficient (Wildman–Crippen LogP) is 3.83. The van der Waals surface area contributed by atoms with Crippen molar-refractivity contribution < 1.29 is 4.79 Å². The number of carbonyl (C=O) groups excluding carboxylic acids is 1. The number of rotatable bonds is 1. The largest absolute Gasteiger partial charge is 0.398 e. The van der Waals surface area contributed by atoms with E-state index < -0.39 is 0 Å². The summed E-state index contributed by atoms with van der Waals surface area (Å²) in [5.41, 5.74) is 7.24. The third-order valence-electron chi connectivity index (χ3n) is 4.76. The van der Waals surface area contributed by atoms with Crippen LogP contribution >= 0.6 is 15.9 Å². The van der Waals surface area contributed by atoms with Gasteiger partial charge in [-0.15, -0.1) is 0 Å². The first-order valence-corrected chi connectivity index (χ1v) is 8.32. The number of amides is 1. The van der Waals surface area contributed by atoms with Crippen molar-refractivity contribution in [3.05, 3.63) is 28.2 Å². The molecular formula is C16H21BrN2O. The minimum Gasteiger partial charge on any atom is -0.398 e. The molecule has 1 aromatic carbocycles. The maximum absolute atomic E-state index is 12.9. The van der Waals surface area contributed by atoms with Gasteiger partial charge in [0.15, 0.2) is 0 Å². The number of nitrogens with two attached hydrogens (primary N) is 1. The lowest BCUT2D eigenvalue weighted by molar-refractivity contribution is 0.0390. The Balaban J connectivity index is 1.87. The second kappa shape index (κ2) is 5.76. The molecule has 0 radical (unpaired) electrons. The fourth-order valence-corrected chi connectivity index (χ4v) is 4.18. The van der Waals surface area contributed by atoms with E-state index in [4.69, 9.17) is 5.73 Å². The fourth-order valence-electron chi connectivity index (χ4n) is 3.75. The average Bonchev–Trinajstić information content (AvgIpc) is 2.49. The molecule has 3 rings (SSSR count). The summed E-state index contributed by atoms with van der Waals surface area (Å²) < 4.78 is 0.739. The van der Waals surface area contributed by atoms with Crippen molar-refractivity contribution in [2.75, 3.05) is 12.3 Å². The van der Waals surface area contributed by atoms with Crippen LogP contribution in [0.25, 0.3) is 0 Å². The highest BCUT2D eigenvalue weighted by atomic mass is 79.9. The molecule has 20 heavy (non-hydrogen) atoms. The number of likely N-dealkylation sites (tertiary alicyclic amines) is 1. The Morgan fingerprint density at radius 1 is 1.20 bits per heavy atom. The summed E-state index contributed by atoms with van der Waals surface area (Å²) in [4.78, 5) is 15.0. The van der Waals surface area contributed by atoms with Crippen molar-refractivity contribution in [3.63, 3.8) is 0 Å². The van der Waals surface area contributed by atoms with E-state index in [1.807, 2.05) is 18.2 Å². The highest BCUT2D eigenvalue weighted by Gasteiger charge is 2.36. The van der Waals surface area contributed by atoms with Crippen LogP contribution in [0.3, 0.4) is 0 Å². The number of benzene rings is 1. The van der Waals surface area contributed by atoms with Crippen LogP contribution in [0, 0.1) is 5.92 Å². The minimum absolute atomic E-state index is 0.140. The molecule has 0 spiro atoms. The maximum Gasteiger partial charge on any atom is 0.255 e. The number of halogens is 1. The van der Waals surface area contributed by atoms with Crippen LogP contribution in [0.1, 0.15) is 48.9 Å². The highest BCUT2D eigenvalue weighted by molar-refractivity contribution is 9.10. The van der Waals surface area contributed by atoms with Crippen LogP contribution in [0.5, 0.6) is 0 Å². The standard InChI is InChI=1S/C16H21BrN2O/c17-15-12(7-3-8-13(15)18)16(20)19-10-4-6-11-5-1-2-9-14(11)19/h3,7-8,11,14H,1-2,4-6,9-10,18H2. The number of piperidine rings is 1. The van der Waals surface area contributed by atoms with Crippen molar-refractivity contribution in [1.29, 1.82) is 0 Å². The molecule has 3 nitrogen and oxygen atoms in total. The van der Waals surface area contributed by atoms with Gasteiger partial charge in [0.2, 0.25) is 0 Å². The minimum atomic E-state index is 0.140. The van der Waals surface area contributed by atoms with Crippen LogP contribution in [-0.4, -0.2) is 23.4 Å². The molecule has 1 heterocycles. The highest BCUT2D eigenvalue weighted by Crippen LogP contribution is 2.36. The Kier molecular flexibility index (Phi) is 4.01. The Hall–Kier alpha value is -1.03. The van der Waals surface area contributed by atoms with E-state index in [2.05, 4.69) is 20.8 Å². The number of nitrogen functional groups attached to an aromatic ring is 1. The van der Waals surface area contributed by atoms with E-state index in [-0.39, 0.29) is 5.91 Å². The Morgan fingerprint density at radius 3 is 2.80 bits per heavy atom. The molecule has 0 aromatic heterocycles. The molecule has 1 aliphatic heterocycles. The molecule has 1 aliphatic carbocycles. The number of fused-ring (bicyclic) bond motifs is 1. The van der Waals surface area contributed by atoms with Crippen LogP contribution in [0.15, 0.2) is 22.7 Å². The molecule has 2 unspecified atom stereocenters. The van der Waals surface area contributed by atoms with E-state index in [9.17, 15) is 4.79 Å². The summed E-state index contributed by atoms with van der Waals surface area (Å²) in [6.07, 6.45) is 7.44. The summed E-state index contributed by atoms with van der Waals surface area (Å²) in [6.45, 7) is 0.890. The third kappa shape index (κ3) is 2.46. The number of carbonyl (C=O) groups is 1. The van der Waals surface area contributed by atoms with Gasteiger partial charge in [0, 0.05) is 18.3 Å². The second-order valence-electron chi connectivity index (χ2n) is 5.96. The van der Waals surface area contributed by atoms with Crippen molar-refractivity contribution in [1.82, 2.24) is 4.90 Å². The summed E-state index contributed by atoms with van der Waals surface area (Å²) >= 11 is 3.46. The topological polar surface area (TPSA) is 46.3 Å². The predicted molar refractivity (Wildman–Crippen MR) is 84.6 cm³/mol. The molecule has 4 heteroatoms. The summed E-state index contributed by atoms with van der Waals surface area (Å²) in [5.74, 6) is 0.849. The van der Waals surface area contributed by atoms with Crippen LogP contribution < -0.4 is 5.73 Å². The van der Waals surface area contributed by atoms with Crippen molar-refractivity contribution in [2.24, 2.45) is 5.92 Å². The molecule has 0 bridgehead atoms. The molecule has 108 valence electrons. The fraction of sp³-hybridized carbons (Fsp3) is 0.562. The normalized spacial score (nSPS) is 26.1. The maximum atomic E-state index is 12.9. The van der Waals surface area contributed by atoms with Crippen molar-refractivity contribution in [3.8, 4) is 0 Å². The van der Waals surface area contributed by atoms with E-state index in [0.717, 1.165) is 23.9 Å². The molecule has 1 saturated heterocycles. The molecule has 2 atom stereocenters. The summed E-state index contributed by atoms with van der Waals surface area (Å²) in [7, 11) is 0. The molecule has 1 aromatic rings. The average molecular weight is 337 g/mol. The Bertz CT molecular complexity index is 515. The lowest BCUT2D eigenvalue weighted by atomic mass is 9.78. The number of nitrogens with zero attached hydrogens (tertiary/aromatic N) is 1. The van der Waals surface area contributed by atoms with E-state index >= 15 is 0 Å². The van der Waals surface area contributed by atoms with Crippen molar-refractivity contribution in [2.45, 2.75) is 44.6 Å². The van der Waals surface area contributed by atoms with E-state index in [0.29, 0.717) is 23.2 Å². The molecule has 2 fully saturated rings. The zero-order valence-electron chi connectivity index (χ0n) is 11.6. The van der Waals surface area contributed by atoms with Gasteiger partial charge in [-0.25, -0.2) is 0 Å². The number of anilines is 1. The van der Waals surface area contributed by atoms with Gasteiger partial charge in [0.25, 0.3) is 5.91 Å².